The summed E-state index contributed by atoms with van der Waals surface area (Å²) in [5.41, 5.74) is 2.91. The lowest BCUT2D eigenvalue weighted by Crippen LogP contribution is -2.36. The van der Waals surface area contributed by atoms with E-state index in [-0.39, 0.29) is 11.8 Å². The predicted octanol–water partition coefficient (Wildman–Crippen LogP) is 3.81. The second-order valence-electron chi connectivity index (χ2n) is 5.55. The fourth-order valence-electron chi connectivity index (χ4n) is 2.30. The molecular formula is C19H19FN4OS. The van der Waals surface area contributed by atoms with Crippen LogP contribution in [0.5, 0.6) is 0 Å². The molecular weight excluding hydrogens is 351 g/mol. The third-order valence-corrected chi connectivity index (χ3v) is 4.52. The lowest BCUT2D eigenvalue weighted by Gasteiger charge is -2.07. The smallest absolute Gasteiger partial charge is 0.315 e. The molecule has 26 heavy (non-hydrogen) atoms. The summed E-state index contributed by atoms with van der Waals surface area (Å²) in [5.74, 6) is 0.412. The van der Waals surface area contributed by atoms with Crippen LogP contribution in [0.3, 0.4) is 0 Å². The molecule has 1 heterocycles. The predicted molar refractivity (Wildman–Crippen MR) is 101 cm³/mol. The number of rotatable bonds is 7. The maximum absolute atomic E-state index is 12.8. The average molecular weight is 370 g/mol. The Morgan fingerprint density at radius 3 is 2.62 bits per heavy atom. The third kappa shape index (κ3) is 5.35. The molecule has 0 atom stereocenters. The van der Waals surface area contributed by atoms with Crippen LogP contribution in [0, 0.1) is 5.82 Å². The van der Waals surface area contributed by atoms with Crippen LogP contribution in [0.4, 0.5) is 9.18 Å². The SMILES string of the molecule is O=C(NCCSc1ncc(-c2ccccc2)[nH]1)NCc1ccc(F)cc1. The van der Waals surface area contributed by atoms with Gasteiger partial charge in [0.05, 0.1) is 11.9 Å². The Balaban J connectivity index is 1.35. The van der Waals surface area contributed by atoms with Crippen molar-refractivity contribution in [2.75, 3.05) is 12.3 Å². The van der Waals surface area contributed by atoms with Gasteiger partial charge in [0.15, 0.2) is 5.16 Å². The third-order valence-electron chi connectivity index (χ3n) is 3.63. The Hall–Kier alpha value is -2.80. The van der Waals surface area contributed by atoms with Gasteiger partial charge in [0, 0.05) is 18.8 Å². The summed E-state index contributed by atoms with van der Waals surface area (Å²) in [5, 5.41) is 6.34. The quantitative estimate of drug-likeness (QED) is 0.438. The summed E-state index contributed by atoms with van der Waals surface area (Å²) in [7, 11) is 0. The van der Waals surface area contributed by atoms with Gasteiger partial charge in [0.1, 0.15) is 5.82 Å². The Morgan fingerprint density at radius 2 is 1.85 bits per heavy atom. The number of aromatic nitrogens is 2. The summed E-state index contributed by atoms with van der Waals surface area (Å²) >= 11 is 1.54. The lowest BCUT2D eigenvalue weighted by atomic mass is 10.2. The molecule has 0 fully saturated rings. The number of nitrogens with zero attached hydrogens (tertiary/aromatic N) is 1. The average Bonchev–Trinajstić information content (AvgIpc) is 3.14. The van der Waals surface area contributed by atoms with Gasteiger partial charge in [0.2, 0.25) is 0 Å². The Morgan fingerprint density at radius 1 is 1.08 bits per heavy atom. The molecule has 5 nitrogen and oxygen atoms in total. The summed E-state index contributed by atoms with van der Waals surface area (Å²) in [6, 6.07) is 15.8. The number of halogens is 1. The minimum atomic E-state index is -0.288. The van der Waals surface area contributed by atoms with E-state index >= 15 is 0 Å². The van der Waals surface area contributed by atoms with Gasteiger partial charge in [-0.25, -0.2) is 14.2 Å². The van der Waals surface area contributed by atoms with Crippen molar-refractivity contribution in [3.05, 3.63) is 72.2 Å². The van der Waals surface area contributed by atoms with Crippen LogP contribution in [0.2, 0.25) is 0 Å². The van der Waals surface area contributed by atoms with Crippen molar-refractivity contribution in [2.24, 2.45) is 0 Å². The van der Waals surface area contributed by atoms with Crippen molar-refractivity contribution in [1.82, 2.24) is 20.6 Å². The molecule has 0 spiro atoms. The fraction of sp³-hybridized carbons (Fsp3) is 0.158. The van der Waals surface area contributed by atoms with Crippen molar-refractivity contribution in [2.45, 2.75) is 11.7 Å². The number of carbonyl (C=O) groups is 1. The highest BCUT2D eigenvalue weighted by Gasteiger charge is 2.04. The maximum Gasteiger partial charge on any atom is 0.315 e. The van der Waals surface area contributed by atoms with Crippen molar-refractivity contribution < 1.29 is 9.18 Å². The normalized spacial score (nSPS) is 10.5. The van der Waals surface area contributed by atoms with Crippen LogP contribution in [0.15, 0.2) is 66.0 Å². The van der Waals surface area contributed by atoms with Gasteiger partial charge in [-0.05, 0) is 23.3 Å². The largest absolute Gasteiger partial charge is 0.337 e. The molecule has 0 aliphatic heterocycles. The highest BCUT2D eigenvalue weighted by atomic mass is 32.2. The number of benzene rings is 2. The molecule has 0 aliphatic rings. The second kappa shape index (κ2) is 9.05. The van der Waals surface area contributed by atoms with Crippen LogP contribution in [-0.4, -0.2) is 28.3 Å². The first-order valence-electron chi connectivity index (χ1n) is 8.20. The Labute approximate surface area is 155 Å². The van der Waals surface area contributed by atoms with Crippen LogP contribution >= 0.6 is 11.8 Å². The zero-order valence-electron chi connectivity index (χ0n) is 14.0. The van der Waals surface area contributed by atoms with Gasteiger partial charge in [-0.15, -0.1) is 0 Å². The van der Waals surface area contributed by atoms with E-state index in [1.165, 1.54) is 12.1 Å². The molecule has 0 saturated heterocycles. The molecule has 0 aliphatic carbocycles. The first-order chi connectivity index (χ1) is 12.7. The molecule has 0 radical (unpaired) electrons. The minimum absolute atomic E-state index is 0.251. The summed E-state index contributed by atoms with van der Waals surface area (Å²) < 4.78 is 12.8. The molecule has 0 bridgehead atoms. The molecule has 134 valence electrons. The Bertz CT molecular complexity index is 836. The number of hydrogen-bond acceptors (Lipinski definition) is 3. The number of hydrogen-bond donors (Lipinski definition) is 3. The van der Waals surface area contributed by atoms with Crippen LogP contribution < -0.4 is 10.6 Å². The number of nitrogens with one attached hydrogen (secondary N) is 3. The molecule has 2 aromatic carbocycles. The van der Waals surface area contributed by atoms with Gasteiger partial charge in [-0.2, -0.15) is 0 Å². The van der Waals surface area contributed by atoms with Gasteiger partial charge in [-0.3, -0.25) is 0 Å². The van der Waals surface area contributed by atoms with E-state index in [1.54, 1.807) is 30.1 Å². The van der Waals surface area contributed by atoms with Crippen LogP contribution in [0.25, 0.3) is 11.3 Å². The van der Waals surface area contributed by atoms with E-state index in [1.807, 2.05) is 30.3 Å². The molecule has 3 N–H and O–H groups in total. The summed E-state index contributed by atoms with van der Waals surface area (Å²) in [6.45, 7) is 0.874. The number of aromatic amines is 1. The molecule has 2 amide bonds. The van der Waals surface area contributed by atoms with Crippen molar-refractivity contribution >= 4 is 17.8 Å². The number of thioether (sulfide) groups is 1. The van der Waals surface area contributed by atoms with Gasteiger partial charge >= 0.3 is 6.03 Å². The number of carbonyl (C=O) groups excluding carboxylic acids is 1. The first-order valence-corrected chi connectivity index (χ1v) is 9.18. The number of amides is 2. The highest BCUT2D eigenvalue weighted by Crippen LogP contribution is 2.20. The van der Waals surface area contributed by atoms with E-state index in [2.05, 4.69) is 20.6 Å². The number of imidazole rings is 1. The molecule has 0 unspecified atom stereocenters. The van der Waals surface area contributed by atoms with E-state index < -0.39 is 0 Å². The van der Waals surface area contributed by atoms with E-state index in [4.69, 9.17) is 0 Å². The zero-order valence-corrected chi connectivity index (χ0v) is 14.9. The van der Waals surface area contributed by atoms with Crippen LogP contribution in [-0.2, 0) is 6.54 Å². The maximum atomic E-state index is 12.8. The fourth-order valence-corrected chi connectivity index (χ4v) is 3.01. The van der Waals surface area contributed by atoms with Crippen molar-refractivity contribution in [1.29, 1.82) is 0 Å². The van der Waals surface area contributed by atoms with Crippen LogP contribution in [0.1, 0.15) is 5.56 Å². The van der Waals surface area contributed by atoms with E-state index in [9.17, 15) is 9.18 Å². The van der Waals surface area contributed by atoms with E-state index in [0.717, 1.165) is 22.0 Å². The topological polar surface area (TPSA) is 69.8 Å². The van der Waals surface area contributed by atoms with Gasteiger partial charge in [0.25, 0.3) is 0 Å². The number of urea groups is 1. The molecule has 0 saturated carbocycles. The lowest BCUT2D eigenvalue weighted by molar-refractivity contribution is 0.241. The van der Waals surface area contributed by atoms with E-state index in [0.29, 0.717) is 18.8 Å². The first kappa shape index (κ1) is 18.0. The zero-order chi connectivity index (χ0) is 18.2. The molecule has 3 rings (SSSR count). The second-order valence-corrected chi connectivity index (χ2v) is 6.64. The Kier molecular flexibility index (Phi) is 6.27. The standard InChI is InChI=1S/C19H19FN4OS/c20-16-8-6-14(7-9-16)12-22-18(25)21-10-11-26-19-23-13-17(24-19)15-4-2-1-3-5-15/h1-9,13H,10-12H2,(H,23,24)(H2,21,22,25). The minimum Gasteiger partial charge on any atom is -0.337 e. The van der Waals surface area contributed by atoms with Crippen molar-refractivity contribution in [3.8, 4) is 11.3 Å². The molecule has 3 aromatic rings. The summed E-state index contributed by atoms with van der Waals surface area (Å²) in [6.07, 6.45) is 1.81. The highest BCUT2D eigenvalue weighted by molar-refractivity contribution is 7.99. The van der Waals surface area contributed by atoms with Crippen molar-refractivity contribution in [3.63, 3.8) is 0 Å². The molecule has 7 heteroatoms. The van der Waals surface area contributed by atoms with Gasteiger partial charge in [-0.1, -0.05) is 54.2 Å². The van der Waals surface area contributed by atoms with Gasteiger partial charge < -0.3 is 15.6 Å². The monoisotopic (exact) mass is 370 g/mol. The molecule has 1 aromatic heterocycles. The summed E-state index contributed by atoms with van der Waals surface area (Å²) in [4.78, 5) is 19.4. The number of H-pyrrole nitrogens is 1.